The van der Waals surface area contributed by atoms with Gasteiger partial charge in [0.25, 0.3) is 0 Å². The minimum atomic E-state index is -0.343. The molecule has 4 nitrogen and oxygen atoms in total. The number of benzene rings is 2. The maximum Gasteiger partial charge on any atom is 0.121 e. The molecule has 4 heteroatoms. The van der Waals surface area contributed by atoms with E-state index in [0.717, 1.165) is 24.0 Å². The highest BCUT2D eigenvalue weighted by Gasteiger charge is 2.29. The molecule has 0 heterocycles. The summed E-state index contributed by atoms with van der Waals surface area (Å²) < 4.78 is 0. The van der Waals surface area contributed by atoms with Gasteiger partial charge in [-0.2, -0.15) is 0 Å². The van der Waals surface area contributed by atoms with Crippen LogP contribution in [0.25, 0.3) is 0 Å². The van der Waals surface area contributed by atoms with Crippen molar-refractivity contribution in [1.82, 2.24) is 0 Å². The van der Waals surface area contributed by atoms with Crippen LogP contribution in [0, 0.1) is 0 Å². The van der Waals surface area contributed by atoms with E-state index in [1.165, 1.54) is 0 Å². The largest absolute Gasteiger partial charge is 0.508 e. The zero-order valence-corrected chi connectivity index (χ0v) is 13.6. The second-order valence-electron chi connectivity index (χ2n) is 6.09. The molecule has 2 aromatic carbocycles. The van der Waals surface area contributed by atoms with Crippen molar-refractivity contribution in [3.63, 3.8) is 0 Å². The smallest absolute Gasteiger partial charge is 0.121 e. The van der Waals surface area contributed by atoms with E-state index < -0.39 is 0 Å². The lowest BCUT2D eigenvalue weighted by Gasteiger charge is -2.32. The van der Waals surface area contributed by atoms with E-state index in [-0.39, 0.29) is 30.1 Å². The Morgan fingerprint density at radius 2 is 1.26 bits per heavy atom. The van der Waals surface area contributed by atoms with E-state index in [1.807, 2.05) is 24.3 Å². The molecule has 0 aliphatic carbocycles. The zero-order chi connectivity index (χ0) is 17.0. The van der Waals surface area contributed by atoms with Gasteiger partial charge >= 0.3 is 0 Å². The van der Waals surface area contributed by atoms with Gasteiger partial charge in [0.2, 0.25) is 0 Å². The summed E-state index contributed by atoms with van der Waals surface area (Å²) in [6, 6.07) is 10.5. The van der Waals surface area contributed by atoms with E-state index in [0.29, 0.717) is 11.1 Å². The van der Waals surface area contributed by atoms with Crippen LogP contribution < -0.4 is 0 Å². The molecule has 0 amide bonds. The van der Waals surface area contributed by atoms with Crippen molar-refractivity contribution in [1.29, 1.82) is 0 Å². The molecule has 0 radical (unpaired) electrons. The standard InChI is InChI=1S/C19H24O4/c1-3-8-19(2,15-4-6-17(22)13(9-15)11-20)16-5-7-18(23)14(10-16)12-21/h4-7,9-10,20-23H,3,8,11-12H2,1-2H3. The first-order valence-corrected chi connectivity index (χ1v) is 7.82. The molecule has 0 saturated heterocycles. The predicted octanol–water partition coefficient (Wildman–Crippen LogP) is 3.19. The Morgan fingerprint density at radius 3 is 1.61 bits per heavy atom. The fourth-order valence-corrected chi connectivity index (χ4v) is 3.07. The average molecular weight is 316 g/mol. The van der Waals surface area contributed by atoms with E-state index in [9.17, 15) is 20.4 Å². The Kier molecular flexibility index (Phi) is 5.29. The molecule has 0 spiro atoms. The maximum atomic E-state index is 9.79. The van der Waals surface area contributed by atoms with Crippen LogP contribution in [0.5, 0.6) is 11.5 Å². The maximum absolute atomic E-state index is 9.79. The summed E-state index contributed by atoms with van der Waals surface area (Å²) >= 11 is 0. The minimum absolute atomic E-state index is 0.0804. The zero-order valence-electron chi connectivity index (χ0n) is 13.6. The Bertz CT molecular complexity index is 626. The van der Waals surface area contributed by atoms with E-state index >= 15 is 0 Å². The highest BCUT2D eigenvalue weighted by Crippen LogP contribution is 2.39. The van der Waals surface area contributed by atoms with Crippen molar-refractivity contribution in [2.75, 3.05) is 0 Å². The van der Waals surface area contributed by atoms with Gasteiger partial charge in [-0.05, 0) is 41.8 Å². The van der Waals surface area contributed by atoms with Crippen LogP contribution in [0.2, 0.25) is 0 Å². The highest BCUT2D eigenvalue weighted by molar-refractivity contribution is 5.47. The first-order valence-electron chi connectivity index (χ1n) is 7.82. The number of hydrogen-bond donors (Lipinski definition) is 4. The minimum Gasteiger partial charge on any atom is -0.508 e. The summed E-state index contributed by atoms with van der Waals surface area (Å²) in [6.45, 7) is 3.75. The molecule has 0 saturated carbocycles. The number of aliphatic hydroxyl groups excluding tert-OH is 2. The van der Waals surface area contributed by atoms with Crippen LogP contribution in [-0.4, -0.2) is 20.4 Å². The summed E-state index contributed by atoms with van der Waals surface area (Å²) in [5, 5.41) is 38.4. The monoisotopic (exact) mass is 316 g/mol. The molecule has 124 valence electrons. The first-order chi connectivity index (χ1) is 11.0. The summed E-state index contributed by atoms with van der Waals surface area (Å²) in [6.07, 6.45) is 1.81. The summed E-state index contributed by atoms with van der Waals surface area (Å²) in [7, 11) is 0. The average Bonchev–Trinajstić information content (AvgIpc) is 2.55. The third kappa shape index (κ3) is 3.33. The van der Waals surface area contributed by atoms with Gasteiger partial charge in [0.05, 0.1) is 13.2 Å². The van der Waals surface area contributed by atoms with Crippen molar-refractivity contribution in [3.8, 4) is 11.5 Å². The van der Waals surface area contributed by atoms with Crippen molar-refractivity contribution in [3.05, 3.63) is 58.7 Å². The van der Waals surface area contributed by atoms with Gasteiger partial charge in [-0.1, -0.05) is 32.4 Å². The first kappa shape index (κ1) is 17.3. The molecular weight excluding hydrogens is 292 g/mol. The molecule has 0 fully saturated rings. The van der Waals surface area contributed by atoms with E-state index in [4.69, 9.17) is 0 Å². The van der Waals surface area contributed by atoms with Crippen LogP contribution in [0.4, 0.5) is 0 Å². The summed E-state index contributed by atoms with van der Waals surface area (Å²) in [5.41, 5.74) is 2.60. The van der Waals surface area contributed by atoms with Crippen molar-refractivity contribution >= 4 is 0 Å². The second-order valence-corrected chi connectivity index (χ2v) is 6.09. The van der Waals surface area contributed by atoms with E-state index in [2.05, 4.69) is 13.8 Å². The lowest BCUT2D eigenvalue weighted by molar-refractivity contribution is 0.275. The molecule has 23 heavy (non-hydrogen) atoms. The third-order valence-electron chi connectivity index (χ3n) is 4.52. The van der Waals surface area contributed by atoms with Gasteiger partial charge in [-0.3, -0.25) is 0 Å². The fraction of sp³-hybridized carbons (Fsp3) is 0.368. The van der Waals surface area contributed by atoms with Gasteiger partial charge in [-0.25, -0.2) is 0 Å². The topological polar surface area (TPSA) is 80.9 Å². The van der Waals surface area contributed by atoms with Gasteiger partial charge in [-0.15, -0.1) is 0 Å². The normalized spacial score (nSPS) is 11.7. The molecule has 0 aliphatic heterocycles. The van der Waals surface area contributed by atoms with Crippen molar-refractivity contribution in [2.45, 2.75) is 45.3 Å². The summed E-state index contributed by atoms with van der Waals surface area (Å²) in [5.74, 6) is 0.161. The van der Waals surface area contributed by atoms with Crippen LogP contribution in [0.3, 0.4) is 0 Å². The third-order valence-corrected chi connectivity index (χ3v) is 4.52. The van der Waals surface area contributed by atoms with Crippen LogP contribution >= 0.6 is 0 Å². The molecular formula is C19H24O4. The molecule has 0 aliphatic rings. The number of rotatable bonds is 6. The summed E-state index contributed by atoms with van der Waals surface area (Å²) in [4.78, 5) is 0. The Hall–Kier alpha value is -2.04. The van der Waals surface area contributed by atoms with Gasteiger partial charge in [0, 0.05) is 16.5 Å². The Labute approximate surface area is 136 Å². The van der Waals surface area contributed by atoms with Gasteiger partial charge in [0.15, 0.2) is 0 Å². The highest BCUT2D eigenvalue weighted by atomic mass is 16.3. The molecule has 0 bridgehead atoms. The number of hydrogen-bond acceptors (Lipinski definition) is 4. The Morgan fingerprint density at radius 1 is 0.826 bits per heavy atom. The van der Waals surface area contributed by atoms with Gasteiger partial charge < -0.3 is 20.4 Å². The Balaban J connectivity index is 2.59. The molecule has 0 unspecified atom stereocenters. The molecule has 0 atom stereocenters. The molecule has 2 rings (SSSR count). The molecule has 4 N–H and O–H groups in total. The predicted molar refractivity (Wildman–Crippen MR) is 89.4 cm³/mol. The molecule has 0 aromatic heterocycles. The van der Waals surface area contributed by atoms with Crippen LogP contribution in [-0.2, 0) is 18.6 Å². The SMILES string of the molecule is CCCC(C)(c1ccc(O)c(CO)c1)c1ccc(O)c(CO)c1. The number of aromatic hydroxyl groups is 2. The molecule has 2 aromatic rings. The fourth-order valence-electron chi connectivity index (χ4n) is 3.07. The number of aliphatic hydroxyl groups is 2. The van der Waals surface area contributed by atoms with Crippen LogP contribution in [0.15, 0.2) is 36.4 Å². The lowest BCUT2D eigenvalue weighted by Crippen LogP contribution is -2.24. The number of phenols is 2. The van der Waals surface area contributed by atoms with Crippen molar-refractivity contribution in [2.24, 2.45) is 0 Å². The lowest BCUT2D eigenvalue weighted by atomic mass is 9.72. The quantitative estimate of drug-likeness (QED) is 0.660. The van der Waals surface area contributed by atoms with E-state index in [1.54, 1.807) is 12.1 Å². The van der Waals surface area contributed by atoms with Crippen LogP contribution in [0.1, 0.15) is 48.9 Å². The van der Waals surface area contributed by atoms with Gasteiger partial charge in [0.1, 0.15) is 11.5 Å². The second kappa shape index (κ2) is 7.02. The van der Waals surface area contributed by atoms with Crippen molar-refractivity contribution < 1.29 is 20.4 Å².